The van der Waals surface area contributed by atoms with Crippen LogP contribution in [0.2, 0.25) is 0 Å². The maximum atomic E-state index is 4.76. The number of rotatable bonds is 4. The summed E-state index contributed by atoms with van der Waals surface area (Å²) in [6.07, 6.45) is 3.13. The van der Waals surface area contributed by atoms with Crippen LogP contribution in [-0.2, 0) is 6.54 Å². The normalized spacial score (nSPS) is 23.4. The Labute approximate surface area is 141 Å². The number of piperazine rings is 1. The van der Waals surface area contributed by atoms with E-state index in [9.17, 15) is 0 Å². The fourth-order valence-electron chi connectivity index (χ4n) is 3.45. The molecule has 2 saturated heterocycles. The average molecular weight is 329 g/mol. The summed E-state index contributed by atoms with van der Waals surface area (Å²) in [6.45, 7) is 7.96. The summed E-state index contributed by atoms with van der Waals surface area (Å²) in [7, 11) is 0. The van der Waals surface area contributed by atoms with Crippen molar-refractivity contribution < 1.29 is 0 Å². The molecule has 0 aromatic carbocycles. The van der Waals surface area contributed by atoms with Gasteiger partial charge < -0.3 is 5.32 Å². The molecule has 0 spiro atoms. The zero-order chi connectivity index (χ0) is 15.5. The van der Waals surface area contributed by atoms with Gasteiger partial charge >= 0.3 is 0 Å². The van der Waals surface area contributed by atoms with E-state index in [0.29, 0.717) is 0 Å². The summed E-state index contributed by atoms with van der Waals surface area (Å²) in [5, 5.41) is 6.67. The Kier molecular flexibility index (Phi) is 4.66. The molecule has 6 heteroatoms. The second-order valence-corrected chi connectivity index (χ2v) is 7.18. The minimum atomic E-state index is 0.757. The minimum Gasteiger partial charge on any atom is -0.315 e. The lowest BCUT2D eigenvalue weighted by Crippen LogP contribution is -2.50. The first kappa shape index (κ1) is 15.2. The molecular weight excluding hydrogens is 306 g/mol. The van der Waals surface area contributed by atoms with Gasteiger partial charge in [-0.05, 0) is 25.1 Å². The van der Waals surface area contributed by atoms with E-state index in [1.807, 2.05) is 24.4 Å². The first-order valence-electron chi connectivity index (χ1n) is 8.41. The Balaban J connectivity index is 1.32. The molecule has 2 aliphatic rings. The maximum Gasteiger partial charge on any atom is 0.142 e. The summed E-state index contributed by atoms with van der Waals surface area (Å²) in [5.41, 5.74) is 2.15. The molecule has 2 fully saturated rings. The van der Waals surface area contributed by atoms with E-state index in [1.165, 1.54) is 38.3 Å². The molecule has 0 radical (unpaired) electrons. The largest absolute Gasteiger partial charge is 0.315 e. The second-order valence-electron chi connectivity index (χ2n) is 6.32. The fraction of sp³-hybridized carbons (Fsp3) is 0.529. The zero-order valence-corrected chi connectivity index (χ0v) is 14.1. The maximum absolute atomic E-state index is 4.76. The molecule has 1 N–H and O–H groups in total. The highest BCUT2D eigenvalue weighted by molar-refractivity contribution is 7.13. The van der Waals surface area contributed by atoms with E-state index in [4.69, 9.17) is 4.98 Å². The minimum absolute atomic E-state index is 0.757. The Morgan fingerprint density at radius 3 is 2.87 bits per heavy atom. The Morgan fingerprint density at radius 1 is 1.22 bits per heavy atom. The quantitative estimate of drug-likeness (QED) is 0.925. The van der Waals surface area contributed by atoms with Crippen LogP contribution in [-0.4, -0.2) is 65.1 Å². The van der Waals surface area contributed by atoms with Crippen LogP contribution >= 0.6 is 11.3 Å². The van der Waals surface area contributed by atoms with E-state index in [0.717, 1.165) is 36.4 Å². The first-order chi connectivity index (χ1) is 11.4. The van der Waals surface area contributed by atoms with E-state index < -0.39 is 0 Å². The Morgan fingerprint density at radius 2 is 2.13 bits per heavy atom. The summed E-state index contributed by atoms with van der Waals surface area (Å²) in [4.78, 5) is 14.3. The highest BCUT2D eigenvalue weighted by Crippen LogP contribution is 2.22. The molecule has 23 heavy (non-hydrogen) atoms. The molecule has 0 bridgehead atoms. The third-order valence-electron chi connectivity index (χ3n) is 4.78. The SMILES string of the molecule is c1ccc(-c2nc(CN3CCN(C4CCNC4)CC3)cs2)nc1. The van der Waals surface area contributed by atoms with Crippen molar-refractivity contribution in [3.8, 4) is 10.7 Å². The predicted molar refractivity (Wildman–Crippen MR) is 93.5 cm³/mol. The highest BCUT2D eigenvalue weighted by atomic mass is 32.1. The second kappa shape index (κ2) is 7.05. The summed E-state index contributed by atoms with van der Waals surface area (Å²) in [6, 6.07) is 6.74. The van der Waals surface area contributed by atoms with E-state index in [2.05, 4.69) is 25.5 Å². The fourth-order valence-corrected chi connectivity index (χ4v) is 4.24. The van der Waals surface area contributed by atoms with Crippen molar-refractivity contribution in [2.45, 2.75) is 19.0 Å². The van der Waals surface area contributed by atoms with Crippen molar-refractivity contribution in [1.29, 1.82) is 0 Å². The number of hydrogen-bond acceptors (Lipinski definition) is 6. The van der Waals surface area contributed by atoms with Gasteiger partial charge in [0.05, 0.1) is 11.4 Å². The third kappa shape index (κ3) is 3.61. The molecule has 4 heterocycles. The molecule has 1 unspecified atom stereocenters. The summed E-state index contributed by atoms with van der Waals surface area (Å²) >= 11 is 1.69. The van der Waals surface area contributed by atoms with Crippen LogP contribution in [0.4, 0.5) is 0 Å². The Bertz CT molecular complexity index is 615. The standard InChI is InChI=1S/C17H23N5S/c1-2-5-19-16(3-1)17-20-14(13-23-17)12-21-7-9-22(10-8-21)15-4-6-18-11-15/h1-3,5,13,15,18H,4,6-12H2. The number of nitrogens with one attached hydrogen (secondary N) is 1. The van der Waals surface area contributed by atoms with Gasteiger partial charge in [-0.2, -0.15) is 0 Å². The molecule has 0 aliphatic carbocycles. The number of aromatic nitrogens is 2. The first-order valence-corrected chi connectivity index (χ1v) is 9.29. The number of thiazole rings is 1. The number of nitrogens with zero attached hydrogens (tertiary/aromatic N) is 4. The lowest BCUT2D eigenvalue weighted by atomic mass is 10.2. The molecule has 2 aliphatic heterocycles. The molecule has 2 aromatic rings. The van der Waals surface area contributed by atoms with Crippen LogP contribution in [0.15, 0.2) is 29.8 Å². The van der Waals surface area contributed by atoms with Crippen LogP contribution < -0.4 is 5.32 Å². The molecule has 2 aromatic heterocycles. The van der Waals surface area contributed by atoms with Crippen LogP contribution in [0.1, 0.15) is 12.1 Å². The van der Waals surface area contributed by atoms with E-state index >= 15 is 0 Å². The van der Waals surface area contributed by atoms with Crippen LogP contribution in [0.25, 0.3) is 10.7 Å². The van der Waals surface area contributed by atoms with Crippen LogP contribution in [0.3, 0.4) is 0 Å². The zero-order valence-electron chi connectivity index (χ0n) is 13.3. The van der Waals surface area contributed by atoms with Gasteiger partial charge in [0.2, 0.25) is 0 Å². The lowest BCUT2D eigenvalue weighted by molar-refractivity contribution is 0.0975. The van der Waals surface area contributed by atoms with E-state index in [1.54, 1.807) is 11.3 Å². The molecule has 0 saturated carbocycles. The van der Waals surface area contributed by atoms with Gasteiger partial charge in [0.1, 0.15) is 5.01 Å². The molecular formula is C17H23N5S. The average Bonchev–Trinajstić information content (AvgIpc) is 3.28. The van der Waals surface area contributed by atoms with Gasteiger partial charge in [0, 0.05) is 56.9 Å². The van der Waals surface area contributed by atoms with E-state index in [-0.39, 0.29) is 0 Å². The van der Waals surface area contributed by atoms with Crippen molar-refractivity contribution in [1.82, 2.24) is 25.1 Å². The molecule has 4 rings (SSSR count). The van der Waals surface area contributed by atoms with Gasteiger partial charge in [-0.3, -0.25) is 14.8 Å². The molecule has 0 amide bonds. The van der Waals surface area contributed by atoms with Crippen molar-refractivity contribution in [2.75, 3.05) is 39.3 Å². The number of pyridine rings is 1. The van der Waals surface area contributed by atoms with Crippen molar-refractivity contribution in [3.05, 3.63) is 35.5 Å². The van der Waals surface area contributed by atoms with Gasteiger partial charge in [0.25, 0.3) is 0 Å². The smallest absolute Gasteiger partial charge is 0.142 e. The van der Waals surface area contributed by atoms with Crippen LogP contribution in [0.5, 0.6) is 0 Å². The van der Waals surface area contributed by atoms with Gasteiger partial charge in [-0.25, -0.2) is 4.98 Å². The summed E-state index contributed by atoms with van der Waals surface area (Å²) in [5.74, 6) is 0. The molecule has 1 atom stereocenters. The number of hydrogen-bond donors (Lipinski definition) is 1. The topological polar surface area (TPSA) is 44.3 Å². The summed E-state index contributed by atoms with van der Waals surface area (Å²) < 4.78 is 0. The van der Waals surface area contributed by atoms with Crippen molar-refractivity contribution in [3.63, 3.8) is 0 Å². The van der Waals surface area contributed by atoms with Gasteiger partial charge in [-0.15, -0.1) is 11.3 Å². The highest BCUT2D eigenvalue weighted by Gasteiger charge is 2.26. The molecule has 122 valence electrons. The third-order valence-corrected chi connectivity index (χ3v) is 5.69. The van der Waals surface area contributed by atoms with Crippen molar-refractivity contribution >= 4 is 11.3 Å². The predicted octanol–water partition coefficient (Wildman–Crippen LogP) is 1.68. The van der Waals surface area contributed by atoms with Gasteiger partial charge in [-0.1, -0.05) is 6.07 Å². The molecule has 5 nitrogen and oxygen atoms in total. The lowest BCUT2D eigenvalue weighted by Gasteiger charge is -2.37. The van der Waals surface area contributed by atoms with Crippen LogP contribution in [0, 0.1) is 0 Å². The Hall–Kier alpha value is -1.34. The van der Waals surface area contributed by atoms with Crippen molar-refractivity contribution in [2.24, 2.45) is 0 Å². The van der Waals surface area contributed by atoms with Gasteiger partial charge in [0.15, 0.2) is 0 Å². The monoisotopic (exact) mass is 329 g/mol.